The van der Waals surface area contributed by atoms with Gasteiger partial charge in [0, 0.05) is 11.6 Å². The van der Waals surface area contributed by atoms with Gasteiger partial charge in [-0.2, -0.15) is 0 Å². The summed E-state index contributed by atoms with van der Waals surface area (Å²) in [4.78, 5) is 37.4. The van der Waals surface area contributed by atoms with Crippen molar-refractivity contribution in [2.45, 2.75) is 38.0 Å². The normalized spacial score (nSPS) is 22.7. The number of ketones is 1. The second-order valence-electron chi connectivity index (χ2n) is 6.63. The first-order valence-corrected chi connectivity index (χ1v) is 9.19. The molecule has 144 valence electrons. The predicted molar refractivity (Wildman–Crippen MR) is 98.1 cm³/mol. The van der Waals surface area contributed by atoms with Gasteiger partial charge in [0.15, 0.2) is 0 Å². The molecule has 3 rings (SSSR count). The molecule has 1 aliphatic carbocycles. The Labute approximate surface area is 158 Å². The highest BCUT2D eigenvalue weighted by atomic mass is 16.5. The molecule has 2 amide bonds. The van der Waals surface area contributed by atoms with Crippen LogP contribution in [0.25, 0.3) is 0 Å². The number of rotatable bonds is 3. The first-order valence-electron chi connectivity index (χ1n) is 9.19. The zero-order valence-electron chi connectivity index (χ0n) is 15.1. The minimum atomic E-state index is -0.926. The Bertz CT molecular complexity index is 727. The molecule has 1 fully saturated rings. The van der Waals surface area contributed by atoms with Crippen molar-refractivity contribution >= 4 is 17.6 Å². The summed E-state index contributed by atoms with van der Waals surface area (Å²) < 4.78 is 11.0. The summed E-state index contributed by atoms with van der Waals surface area (Å²) in [5.74, 6) is -1.68. The third kappa shape index (κ3) is 5.74. The van der Waals surface area contributed by atoms with Gasteiger partial charge in [0.05, 0.1) is 26.4 Å². The largest absolute Gasteiger partial charge is 0.375 e. The minimum absolute atomic E-state index is 0.0810. The maximum absolute atomic E-state index is 12.7. The van der Waals surface area contributed by atoms with E-state index in [0.717, 1.165) is 18.4 Å². The zero-order valence-corrected chi connectivity index (χ0v) is 15.1. The van der Waals surface area contributed by atoms with E-state index in [2.05, 4.69) is 10.6 Å². The van der Waals surface area contributed by atoms with Crippen molar-refractivity contribution in [2.24, 2.45) is 0 Å². The molecule has 7 nitrogen and oxygen atoms in total. The zero-order chi connectivity index (χ0) is 19.1. The van der Waals surface area contributed by atoms with Gasteiger partial charge in [-0.1, -0.05) is 30.4 Å². The Morgan fingerprint density at radius 3 is 2.67 bits per heavy atom. The van der Waals surface area contributed by atoms with Crippen LogP contribution in [0.15, 0.2) is 36.4 Å². The monoisotopic (exact) mass is 372 g/mol. The topological polar surface area (TPSA) is 93.7 Å². The van der Waals surface area contributed by atoms with Crippen LogP contribution in [-0.2, 0) is 25.7 Å². The van der Waals surface area contributed by atoms with Gasteiger partial charge >= 0.3 is 0 Å². The molecule has 1 saturated carbocycles. The van der Waals surface area contributed by atoms with Crippen molar-refractivity contribution < 1.29 is 23.9 Å². The molecule has 1 aromatic carbocycles. The van der Waals surface area contributed by atoms with Crippen LogP contribution in [0.2, 0.25) is 0 Å². The van der Waals surface area contributed by atoms with Gasteiger partial charge in [0.1, 0.15) is 6.04 Å². The fraction of sp³-hybridized carbons (Fsp3) is 0.450. The number of carbonyl (C=O) groups excluding carboxylic acids is 3. The quantitative estimate of drug-likeness (QED) is 0.613. The molecular formula is C20H24N2O5. The van der Waals surface area contributed by atoms with Gasteiger partial charge in [-0.25, -0.2) is 0 Å². The van der Waals surface area contributed by atoms with Crippen molar-refractivity contribution in [1.82, 2.24) is 10.6 Å². The van der Waals surface area contributed by atoms with Crippen LogP contribution in [-0.4, -0.2) is 49.5 Å². The summed E-state index contributed by atoms with van der Waals surface area (Å²) in [6.45, 7) is 1.50. The summed E-state index contributed by atoms with van der Waals surface area (Å²) in [6, 6.07) is 6.21. The van der Waals surface area contributed by atoms with Crippen molar-refractivity contribution in [3.63, 3.8) is 0 Å². The second kappa shape index (κ2) is 9.43. The number of fused-ring (bicyclic) bond motifs is 1. The molecule has 2 aliphatic rings. The third-order valence-electron chi connectivity index (χ3n) is 4.40. The number of amides is 2. The second-order valence-corrected chi connectivity index (χ2v) is 6.63. The van der Waals surface area contributed by atoms with E-state index in [1.54, 1.807) is 30.4 Å². The van der Waals surface area contributed by atoms with E-state index in [1.165, 1.54) is 0 Å². The smallest absolute Gasteiger partial charge is 0.289 e. The highest BCUT2D eigenvalue weighted by Gasteiger charge is 2.31. The highest BCUT2D eigenvalue weighted by Crippen LogP contribution is 2.18. The van der Waals surface area contributed by atoms with Crippen LogP contribution in [0.1, 0.15) is 35.2 Å². The number of nitrogens with one attached hydrogen (secondary N) is 2. The lowest BCUT2D eigenvalue weighted by Gasteiger charge is -2.18. The molecule has 0 radical (unpaired) electrons. The molecule has 0 aromatic heterocycles. The van der Waals surface area contributed by atoms with Crippen molar-refractivity contribution in [3.05, 3.63) is 47.5 Å². The minimum Gasteiger partial charge on any atom is -0.375 e. The van der Waals surface area contributed by atoms with Crippen LogP contribution in [0.5, 0.6) is 0 Å². The molecule has 2 N–H and O–H groups in total. The number of hydrogen-bond donors (Lipinski definition) is 2. The number of benzene rings is 1. The summed E-state index contributed by atoms with van der Waals surface area (Å²) in [6.07, 6.45) is 5.52. The van der Waals surface area contributed by atoms with Crippen LogP contribution in [0.3, 0.4) is 0 Å². The average Bonchev–Trinajstić information content (AvgIpc) is 3.48. The van der Waals surface area contributed by atoms with Crippen molar-refractivity contribution in [1.29, 1.82) is 0 Å². The Hall–Kier alpha value is -2.51. The van der Waals surface area contributed by atoms with E-state index in [4.69, 9.17) is 9.47 Å². The Morgan fingerprint density at radius 1 is 1.07 bits per heavy atom. The van der Waals surface area contributed by atoms with Gasteiger partial charge in [-0.3, -0.25) is 14.4 Å². The maximum Gasteiger partial charge on any atom is 0.289 e. The van der Waals surface area contributed by atoms with E-state index < -0.39 is 23.6 Å². The highest BCUT2D eigenvalue weighted by molar-refractivity contribution is 6.38. The standard InChI is InChI=1S/C20H24N2O5/c23-18(20(25)21-15-8-9-15)17-7-3-4-10-26-11-12-27-13-14-5-1-2-6-16(14)19(24)22-17/h1-6,15,17H,7-13H2,(H,21,25)(H,22,24)/b4-3+. The lowest BCUT2D eigenvalue weighted by molar-refractivity contribution is -0.139. The summed E-state index contributed by atoms with van der Waals surface area (Å²) in [5.41, 5.74) is 1.15. The van der Waals surface area contributed by atoms with Gasteiger partial charge in [0.2, 0.25) is 5.78 Å². The third-order valence-corrected chi connectivity index (χ3v) is 4.40. The first-order chi connectivity index (χ1) is 13.1. The Balaban J connectivity index is 1.77. The van der Waals surface area contributed by atoms with Gasteiger partial charge in [0.25, 0.3) is 11.8 Å². The van der Waals surface area contributed by atoms with Crippen LogP contribution in [0.4, 0.5) is 0 Å². The number of ether oxygens (including phenoxy) is 2. The lowest BCUT2D eigenvalue weighted by Crippen LogP contribution is -2.48. The average molecular weight is 372 g/mol. The van der Waals surface area contributed by atoms with Gasteiger partial charge in [-0.05, 0) is 30.9 Å². The summed E-state index contributed by atoms with van der Waals surface area (Å²) in [5, 5.41) is 5.39. The number of carbonyl (C=O) groups is 3. The van der Waals surface area contributed by atoms with Crippen molar-refractivity contribution in [3.8, 4) is 0 Å². The van der Waals surface area contributed by atoms with E-state index >= 15 is 0 Å². The lowest BCUT2D eigenvalue weighted by atomic mass is 10.0. The predicted octanol–water partition coefficient (Wildman–Crippen LogP) is 1.13. The molecule has 1 aromatic rings. The summed E-state index contributed by atoms with van der Waals surface area (Å²) >= 11 is 0. The molecule has 0 spiro atoms. The van der Waals surface area contributed by atoms with Crippen LogP contribution < -0.4 is 10.6 Å². The fourth-order valence-electron chi connectivity index (χ4n) is 2.73. The molecule has 0 saturated heterocycles. The van der Waals surface area contributed by atoms with E-state index in [1.807, 2.05) is 6.07 Å². The molecule has 1 unspecified atom stereocenters. The number of hydrogen-bond acceptors (Lipinski definition) is 5. The van der Waals surface area contributed by atoms with Crippen molar-refractivity contribution in [2.75, 3.05) is 19.8 Å². The molecule has 27 heavy (non-hydrogen) atoms. The first kappa shape index (κ1) is 19.3. The Kier molecular flexibility index (Phi) is 6.73. The van der Waals surface area contributed by atoms with E-state index in [9.17, 15) is 14.4 Å². The van der Waals surface area contributed by atoms with Crippen LogP contribution in [0, 0.1) is 0 Å². The maximum atomic E-state index is 12.7. The SMILES string of the molecule is O=C(NC1CC1)C(=O)C1C/C=C/COCCOCc2ccccc2C(=O)N1. The molecular weight excluding hydrogens is 348 g/mol. The molecule has 1 atom stereocenters. The molecule has 7 heteroatoms. The Morgan fingerprint density at radius 2 is 1.85 bits per heavy atom. The van der Waals surface area contributed by atoms with Gasteiger partial charge in [-0.15, -0.1) is 0 Å². The fourth-order valence-corrected chi connectivity index (χ4v) is 2.73. The van der Waals surface area contributed by atoms with Gasteiger partial charge < -0.3 is 20.1 Å². The van der Waals surface area contributed by atoms with Crippen LogP contribution >= 0.6 is 0 Å². The number of Topliss-reactive ketones (excluding diaryl/α,β-unsaturated/α-hetero) is 1. The molecule has 1 heterocycles. The van der Waals surface area contributed by atoms with E-state index in [0.29, 0.717) is 25.4 Å². The molecule has 0 bridgehead atoms. The van der Waals surface area contributed by atoms with E-state index in [-0.39, 0.29) is 19.1 Å². The molecule has 1 aliphatic heterocycles. The summed E-state index contributed by atoms with van der Waals surface area (Å²) in [7, 11) is 0.